The molecule has 0 atom stereocenters. The quantitative estimate of drug-likeness (QED) is 0.426. The maximum atomic E-state index is 11.3. The van der Waals surface area contributed by atoms with Crippen LogP contribution in [-0.4, -0.2) is 17.5 Å². The minimum atomic E-state index is -0.411. The van der Waals surface area contributed by atoms with E-state index in [1.54, 1.807) is 11.3 Å². The molecule has 0 aliphatic rings. The molecule has 0 radical (unpaired) electrons. The Labute approximate surface area is 180 Å². The Kier molecular flexibility index (Phi) is 6.02. The highest BCUT2D eigenvalue weighted by Gasteiger charge is 2.12. The van der Waals surface area contributed by atoms with Gasteiger partial charge in [-0.15, -0.1) is 11.3 Å². The lowest BCUT2D eigenvalue weighted by molar-refractivity contribution is -0.143. The second-order valence-corrected chi connectivity index (χ2v) is 7.97. The summed E-state index contributed by atoms with van der Waals surface area (Å²) >= 11 is 1.66. The van der Waals surface area contributed by atoms with Gasteiger partial charge in [0.2, 0.25) is 0 Å². The standard InChI is InChI=1S/C25H22N2O2S/c1-17-21(19-8-3-2-4-9-19)11-6-12-22(17)23-15-27-25(30-23)20-10-5-7-18(13-20)16-29-24(28)14-26/h2-13,15H,14,16,26H2,1H3. The van der Waals surface area contributed by atoms with Crippen molar-refractivity contribution in [2.45, 2.75) is 13.5 Å². The van der Waals surface area contributed by atoms with Crippen molar-refractivity contribution >= 4 is 17.3 Å². The minimum absolute atomic E-state index is 0.114. The number of benzene rings is 3. The summed E-state index contributed by atoms with van der Waals surface area (Å²) in [5.74, 6) is -0.411. The van der Waals surface area contributed by atoms with Crippen LogP contribution in [0.1, 0.15) is 11.1 Å². The van der Waals surface area contributed by atoms with Crippen molar-refractivity contribution in [2.24, 2.45) is 5.73 Å². The SMILES string of the molecule is Cc1c(-c2ccccc2)cccc1-c1cnc(-c2cccc(COC(=O)CN)c2)s1. The van der Waals surface area contributed by atoms with Crippen molar-refractivity contribution in [2.75, 3.05) is 6.54 Å². The predicted octanol–water partition coefficient (Wildman–Crippen LogP) is 5.45. The second-order valence-electron chi connectivity index (χ2n) is 6.94. The number of esters is 1. The summed E-state index contributed by atoms with van der Waals surface area (Å²) in [6, 6.07) is 24.7. The number of thiazole rings is 1. The highest BCUT2D eigenvalue weighted by Crippen LogP contribution is 2.37. The number of rotatable bonds is 6. The largest absolute Gasteiger partial charge is 0.460 e. The van der Waals surface area contributed by atoms with Crippen molar-refractivity contribution in [3.63, 3.8) is 0 Å². The molecule has 2 N–H and O–H groups in total. The number of ether oxygens (including phenoxy) is 1. The third kappa shape index (κ3) is 4.32. The van der Waals surface area contributed by atoms with E-state index in [9.17, 15) is 4.79 Å². The van der Waals surface area contributed by atoms with Crippen LogP contribution in [0.15, 0.2) is 79.0 Å². The lowest BCUT2D eigenvalue weighted by Crippen LogP contribution is -2.16. The van der Waals surface area contributed by atoms with E-state index in [1.165, 1.54) is 22.3 Å². The normalized spacial score (nSPS) is 10.7. The van der Waals surface area contributed by atoms with Gasteiger partial charge in [-0.2, -0.15) is 0 Å². The van der Waals surface area contributed by atoms with E-state index < -0.39 is 5.97 Å². The molecule has 3 aromatic carbocycles. The molecule has 0 saturated heterocycles. The van der Waals surface area contributed by atoms with E-state index >= 15 is 0 Å². The Morgan fingerprint density at radius 3 is 2.50 bits per heavy atom. The van der Waals surface area contributed by atoms with Crippen LogP contribution in [0.25, 0.3) is 32.1 Å². The fourth-order valence-electron chi connectivity index (χ4n) is 3.38. The number of nitrogens with two attached hydrogens (primary N) is 1. The summed E-state index contributed by atoms with van der Waals surface area (Å²) in [6.07, 6.45) is 1.93. The van der Waals surface area contributed by atoms with Gasteiger partial charge in [0.15, 0.2) is 0 Å². The third-order valence-electron chi connectivity index (χ3n) is 4.93. The first-order chi connectivity index (χ1) is 14.7. The average molecular weight is 415 g/mol. The van der Waals surface area contributed by atoms with Crippen LogP contribution in [0.4, 0.5) is 0 Å². The van der Waals surface area contributed by atoms with Gasteiger partial charge in [0, 0.05) is 11.8 Å². The summed E-state index contributed by atoms with van der Waals surface area (Å²) in [7, 11) is 0. The summed E-state index contributed by atoms with van der Waals surface area (Å²) in [6.45, 7) is 2.25. The average Bonchev–Trinajstić information content (AvgIpc) is 3.28. The highest BCUT2D eigenvalue weighted by atomic mass is 32.1. The molecule has 150 valence electrons. The van der Waals surface area contributed by atoms with Gasteiger partial charge in [0.05, 0.1) is 11.4 Å². The summed E-state index contributed by atoms with van der Waals surface area (Å²) in [4.78, 5) is 17.1. The number of hydrogen-bond donors (Lipinski definition) is 1. The van der Waals surface area contributed by atoms with Gasteiger partial charge in [-0.05, 0) is 40.8 Å². The molecule has 0 unspecified atom stereocenters. The van der Waals surface area contributed by atoms with E-state index in [1.807, 2.05) is 36.5 Å². The topological polar surface area (TPSA) is 65.2 Å². The monoisotopic (exact) mass is 414 g/mol. The van der Waals surface area contributed by atoms with E-state index in [0.29, 0.717) is 0 Å². The molecule has 0 fully saturated rings. The van der Waals surface area contributed by atoms with Gasteiger partial charge in [-0.1, -0.05) is 66.7 Å². The molecule has 0 aliphatic heterocycles. The molecular formula is C25H22N2O2S. The van der Waals surface area contributed by atoms with E-state index in [2.05, 4.69) is 54.4 Å². The summed E-state index contributed by atoms with van der Waals surface area (Å²) in [5, 5.41) is 0.932. The van der Waals surface area contributed by atoms with Crippen molar-refractivity contribution < 1.29 is 9.53 Å². The fraction of sp³-hybridized carbons (Fsp3) is 0.120. The molecule has 30 heavy (non-hydrogen) atoms. The molecule has 1 heterocycles. The molecule has 5 heteroatoms. The smallest absolute Gasteiger partial charge is 0.320 e. The Morgan fingerprint density at radius 2 is 1.70 bits per heavy atom. The number of aromatic nitrogens is 1. The van der Waals surface area contributed by atoms with Crippen LogP contribution in [0.2, 0.25) is 0 Å². The fourth-order valence-corrected chi connectivity index (χ4v) is 4.38. The van der Waals surface area contributed by atoms with E-state index in [-0.39, 0.29) is 13.2 Å². The lowest BCUT2D eigenvalue weighted by atomic mass is 9.96. The van der Waals surface area contributed by atoms with Crippen LogP contribution < -0.4 is 5.73 Å². The maximum Gasteiger partial charge on any atom is 0.320 e. The van der Waals surface area contributed by atoms with E-state index in [4.69, 9.17) is 10.5 Å². The second kappa shape index (κ2) is 9.03. The molecule has 0 amide bonds. The highest BCUT2D eigenvalue weighted by molar-refractivity contribution is 7.18. The molecule has 4 nitrogen and oxygen atoms in total. The maximum absolute atomic E-state index is 11.3. The molecule has 1 aromatic heterocycles. The zero-order chi connectivity index (χ0) is 20.9. The number of nitrogens with zero attached hydrogens (tertiary/aromatic N) is 1. The Morgan fingerprint density at radius 1 is 0.967 bits per heavy atom. The first kappa shape index (κ1) is 20.0. The van der Waals surface area contributed by atoms with Crippen LogP contribution in [0.5, 0.6) is 0 Å². The zero-order valence-corrected chi connectivity index (χ0v) is 17.5. The van der Waals surface area contributed by atoms with Crippen molar-refractivity contribution in [1.82, 2.24) is 4.98 Å². The Balaban J connectivity index is 1.62. The summed E-state index contributed by atoms with van der Waals surface area (Å²) < 4.78 is 5.13. The molecule has 0 spiro atoms. The zero-order valence-electron chi connectivity index (χ0n) is 16.7. The molecule has 4 rings (SSSR count). The van der Waals surface area contributed by atoms with Crippen LogP contribution >= 0.6 is 11.3 Å². The van der Waals surface area contributed by atoms with Gasteiger partial charge >= 0.3 is 5.97 Å². The predicted molar refractivity (Wildman–Crippen MR) is 122 cm³/mol. The molecular weight excluding hydrogens is 392 g/mol. The van der Waals surface area contributed by atoms with Crippen molar-refractivity contribution in [1.29, 1.82) is 0 Å². The molecule has 0 bridgehead atoms. The first-order valence-corrected chi connectivity index (χ1v) is 10.5. The lowest BCUT2D eigenvalue weighted by Gasteiger charge is -2.10. The van der Waals surface area contributed by atoms with Crippen LogP contribution in [-0.2, 0) is 16.1 Å². The van der Waals surface area contributed by atoms with Gasteiger partial charge < -0.3 is 10.5 Å². The number of carbonyl (C=O) groups is 1. The Bertz CT molecular complexity index is 1170. The molecule has 4 aromatic rings. The molecule has 0 saturated carbocycles. The summed E-state index contributed by atoms with van der Waals surface area (Å²) in [5.41, 5.74) is 12.1. The van der Waals surface area contributed by atoms with Gasteiger partial charge in [-0.3, -0.25) is 4.79 Å². The van der Waals surface area contributed by atoms with Crippen molar-refractivity contribution in [3.8, 4) is 32.1 Å². The van der Waals surface area contributed by atoms with Gasteiger partial charge in [0.1, 0.15) is 11.6 Å². The molecule has 0 aliphatic carbocycles. The first-order valence-electron chi connectivity index (χ1n) is 9.72. The third-order valence-corrected chi connectivity index (χ3v) is 6.01. The minimum Gasteiger partial charge on any atom is -0.460 e. The van der Waals surface area contributed by atoms with Crippen LogP contribution in [0, 0.1) is 6.92 Å². The number of hydrogen-bond acceptors (Lipinski definition) is 5. The van der Waals surface area contributed by atoms with Gasteiger partial charge in [0.25, 0.3) is 0 Å². The van der Waals surface area contributed by atoms with Gasteiger partial charge in [-0.25, -0.2) is 4.98 Å². The van der Waals surface area contributed by atoms with Crippen LogP contribution in [0.3, 0.4) is 0 Å². The Hall–Kier alpha value is -3.28. The van der Waals surface area contributed by atoms with Crippen molar-refractivity contribution in [3.05, 3.63) is 90.1 Å². The van der Waals surface area contributed by atoms with E-state index in [0.717, 1.165) is 21.0 Å². The number of carbonyl (C=O) groups excluding carboxylic acids is 1.